The smallest absolute Gasteiger partial charge is 0.294 e. The van der Waals surface area contributed by atoms with Gasteiger partial charge in [-0.05, 0) is 55.5 Å². The molecule has 1 aromatic carbocycles. The number of aromatic nitrogens is 1. The lowest BCUT2D eigenvalue weighted by atomic mass is 10.2. The van der Waals surface area contributed by atoms with Gasteiger partial charge in [-0.25, -0.2) is 9.37 Å². The van der Waals surface area contributed by atoms with Gasteiger partial charge in [0, 0.05) is 11.8 Å². The first kappa shape index (κ1) is 15.4. The first-order chi connectivity index (χ1) is 12.1. The average molecular weight is 338 g/mol. The predicted molar refractivity (Wildman–Crippen MR) is 90.1 cm³/mol. The van der Waals surface area contributed by atoms with E-state index in [4.69, 9.17) is 9.15 Å². The van der Waals surface area contributed by atoms with Crippen LogP contribution in [0.3, 0.4) is 0 Å². The lowest BCUT2D eigenvalue weighted by Crippen LogP contribution is -2.42. The summed E-state index contributed by atoms with van der Waals surface area (Å²) in [6, 6.07) is 12.8. The number of hydrogen-bond acceptors (Lipinski definition) is 4. The van der Waals surface area contributed by atoms with Crippen LogP contribution < -0.4 is 9.64 Å². The molecule has 0 radical (unpaired) electrons. The van der Waals surface area contributed by atoms with Gasteiger partial charge in [0.05, 0.1) is 6.54 Å². The molecule has 0 fully saturated rings. The van der Waals surface area contributed by atoms with Crippen molar-refractivity contribution in [3.63, 3.8) is 0 Å². The Morgan fingerprint density at radius 3 is 2.80 bits per heavy atom. The van der Waals surface area contributed by atoms with Crippen LogP contribution in [0.4, 0.5) is 10.1 Å². The van der Waals surface area contributed by atoms with E-state index in [0.717, 1.165) is 0 Å². The Labute approximate surface area is 143 Å². The molecular weight excluding hydrogens is 323 g/mol. The van der Waals surface area contributed by atoms with Crippen molar-refractivity contribution >= 4 is 11.6 Å². The summed E-state index contributed by atoms with van der Waals surface area (Å²) in [5.41, 5.74) is 1.32. The van der Waals surface area contributed by atoms with Crippen LogP contribution in [0.2, 0.25) is 0 Å². The van der Waals surface area contributed by atoms with Gasteiger partial charge in [-0.15, -0.1) is 0 Å². The molecule has 0 bridgehead atoms. The zero-order valence-corrected chi connectivity index (χ0v) is 13.5. The molecule has 1 aliphatic heterocycles. The fraction of sp³-hybridized carbons (Fsp3) is 0.158. The van der Waals surface area contributed by atoms with Crippen molar-refractivity contribution in [2.24, 2.45) is 0 Å². The highest BCUT2D eigenvalue weighted by atomic mass is 19.1. The van der Waals surface area contributed by atoms with Crippen LogP contribution in [-0.2, 0) is 0 Å². The van der Waals surface area contributed by atoms with E-state index in [0.29, 0.717) is 29.4 Å². The fourth-order valence-corrected chi connectivity index (χ4v) is 2.81. The second-order valence-corrected chi connectivity index (χ2v) is 5.84. The van der Waals surface area contributed by atoms with Crippen molar-refractivity contribution in [1.82, 2.24) is 4.98 Å². The van der Waals surface area contributed by atoms with Gasteiger partial charge >= 0.3 is 0 Å². The van der Waals surface area contributed by atoms with Crippen LogP contribution in [0, 0.1) is 5.82 Å². The van der Waals surface area contributed by atoms with Crippen LogP contribution >= 0.6 is 0 Å². The largest absolute Gasteiger partial charge is 0.471 e. The molecule has 0 spiro atoms. The highest BCUT2D eigenvalue weighted by Gasteiger charge is 2.30. The third-order valence-corrected chi connectivity index (χ3v) is 3.99. The predicted octanol–water partition coefficient (Wildman–Crippen LogP) is 3.91. The minimum absolute atomic E-state index is 0.169. The number of nitrogens with zero attached hydrogens (tertiary/aromatic N) is 2. The summed E-state index contributed by atoms with van der Waals surface area (Å²) in [6.07, 6.45) is 1.46. The molecule has 25 heavy (non-hydrogen) atoms. The molecule has 0 aliphatic carbocycles. The Kier molecular flexibility index (Phi) is 3.72. The molecule has 0 saturated carbocycles. The van der Waals surface area contributed by atoms with Gasteiger partial charge in [0.1, 0.15) is 23.4 Å². The van der Waals surface area contributed by atoms with Crippen molar-refractivity contribution in [3.05, 3.63) is 66.3 Å². The summed E-state index contributed by atoms with van der Waals surface area (Å²) in [7, 11) is 0. The third-order valence-electron chi connectivity index (χ3n) is 3.99. The number of halogens is 1. The molecule has 4 rings (SSSR count). The number of hydrogen-bond donors (Lipinski definition) is 0. The third kappa shape index (κ3) is 2.87. The molecule has 1 amide bonds. The molecule has 0 unspecified atom stereocenters. The molecular formula is C19H15FN2O3. The number of amides is 1. The number of carbonyl (C=O) groups is 1. The molecule has 0 N–H and O–H groups in total. The van der Waals surface area contributed by atoms with Crippen LogP contribution in [-0.4, -0.2) is 23.5 Å². The van der Waals surface area contributed by atoms with Crippen molar-refractivity contribution in [1.29, 1.82) is 0 Å². The molecule has 2 aromatic heterocycles. The topological polar surface area (TPSA) is 55.6 Å². The van der Waals surface area contributed by atoms with Gasteiger partial charge in [-0.3, -0.25) is 9.69 Å². The number of anilines is 1. The minimum atomic E-state index is -0.321. The number of benzene rings is 1. The van der Waals surface area contributed by atoms with E-state index in [1.807, 2.05) is 6.92 Å². The monoisotopic (exact) mass is 338 g/mol. The van der Waals surface area contributed by atoms with Gasteiger partial charge in [0.15, 0.2) is 5.76 Å². The van der Waals surface area contributed by atoms with E-state index in [-0.39, 0.29) is 23.6 Å². The van der Waals surface area contributed by atoms with Gasteiger partial charge in [0.25, 0.3) is 5.91 Å². The van der Waals surface area contributed by atoms with Gasteiger partial charge in [-0.1, -0.05) is 0 Å². The molecule has 1 atom stereocenters. The van der Waals surface area contributed by atoms with Crippen molar-refractivity contribution < 1.29 is 18.3 Å². The maximum Gasteiger partial charge on any atom is 0.294 e. The fourth-order valence-electron chi connectivity index (χ4n) is 2.81. The number of rotatable bonds is 2. The number of carbonyl (C=O) groups excluding carboxylic acids is 1. The van der Waals surface area contributed by atoms with Crippen molar-refractivity contribution in [2.75, 3.05) is 11.4 Å². The molecule has 126 valence electrons. The highest BCUT2D eigenvalue weighted by Crippen LogP contribution is 2.32. The summed E-state index contributed by atoms with van der Waals surface area (Å²) in [5, 5.41) is 0. The van der Waals surface area contributed by atoms with Gasteiger partial charge in [0.2, 0.25) is 5.88 Å². The molecule has 1 aliphatic rings. The highest BCUT2D eigenvalue weighted by molar-refractivity contribution is 6.05. The Morgan fingerprint density at radius 1 is 1.20 bits per heavy atom. The quantitative estimate of drug-likeness (QED) is 0.711. The second-order valence-electron chi connectivity index (χ2n) is 5.84. The van der Waals surface area contributed by atoms with Gasteiger partial charge < -0.3 is 9.15 Å². The Bertz CT molecular complexity index is 920. The Balaban J connectivity index is 1.65. The number of pyridine rings is 1. The number of fused-ring (bicyclic) bond motifs is 1. The Hall–Kier alpha value is -3.15. The standard InChI is InChI=1S/C19H15FN2O3/c1-12-11-22(15-3-2-10-21-18(15)24-12)19(23)17-9-8-16(25-17)13-4-6-14(20)7-5-13/h2-10,12H,11H2,1H3/t12-/m0/s1. The van der Waals surface area contributed by atoms with E-state index in [9.17, 15) is 9.18 Å². The molecule has 3 heterocycles. The first-order valence-electron chi connectivity index (χ1n) is 7.91. The zero-order valence-electron chi connectivity index (χ0n) is 13.5. The van der Waals surface area contributed by atoms with Crippen molar-refractivity contribution in [3.8, 4) is 17.2 Å². The summed E-state index contributed by atoms with van der Waals surface area (Å²) in [4.78, 5) is 18.7. The van der Waals surface area contributed by atoms with E-state index < -0.39 is 0 Å². The van der Waals surface area contributed by atoms with E-state index in [1.54, 1.807) is 47.5 Å². The maximum absolute atomic E-state index is 13.0. The normalized spacial score (nSPS) is 16.2. The van der Waals surface area contributed by atoms with Crippen LogP contribution in [0.25, 0.3) is 11.3 Å². The van der Waals surface area contributed by atoms with Crippen LogP contribution in [0.5, 0.6) is 5.88 Å². The van der Waals surface area contributed by atoms with E-state index >= 15 is 0 Å². The van der Waals surface area contributed by atoms with E-state index in [2.05, 4.69) is 4.98 Å². The zero-order chi connectivity index (χ0) is 17.4. The molecule has 5 nitrogen and oxygen atoms in total. The summed E-state index contributed by atoms with van der Waals surface area (Å²) >= 11 is 0. The maximum atomic E-state index is 13.0. The minimum Gasteiger partial charge on any atom is -0.471 e. The van der Waals surface area contributed by atoms with E-state index in [1.165, 1.54) is 12.1 Å². The number of furan rings is 1. The van der Waals surface area contributed by atoms with Gasteiger partial charge in [-0.2, -0.15) is 0 Å². The molecule has 3 aromatic rings. The van der Waals surface area contributed by atoms with Crippen molar-refractivity contribution in [2.45, 2.75) is 13.0 Å². The first-order valence-corrected chi connectivity index (χ1v) is 7.91. The molecule has 0 saturated heterocycles. The summed E-state index contributed by atoms with van der Waals surface area (Å²) in [6.45, 7) is 2.29. The van der Waals surface area contributed by atoms with Crippen LogP contribution in [0.15, 0.2) is 59.1 Å². The second kappa shape index (κ2) is 6.05. The lowest BCUT2D eigenvalue weighted by molar-refractivity contribution is 0.0933. The lowest BCUT2D eigenvalue weighted by Gasteiger charge is -2.31. The summed E-state index contributed by atoms with van der Waals surface area (Å²) < 4.78 is 24.4. The average Bonchev–Trinajstić information content (AvgIpc) is 3.11. The summed E-state index contributed by atoms with van der Waals surface area (Å²) in [5.74, 6) is 0.565. The van der Waals surface area contributed by atoms with Crippen LogP contribution in [0.1, 0.15) is 17.5 Å². The number of ether oxygens (including phenoxy) is 1. The molecule has 6 heteroatoms. The SMILES string of the molecule is C[C@H]1CN(C(=O)c2ccc(-c3ccc(F)cc3)o2)c2cccnc2O1. The Morgan fingerprint density at radius 2 is 2.00 bits per heavy atom.